The van der Waals surface area contributed by atoms with Crippen molar-refractivity contribution in [3.8, 4) is 5.75 Å². The molecule has 1 fully saturated rings. The first-order valence-electron chi connectivity index (χ1n) is 8.37. The first kappa shape index (κ1) is 19.4. The number of halogens is 3. The Morgan fingerprint density at radius 3 is 2.69 bits per heavy atom. The maximum atomic E-state index is 13.4. The molecular formula is C19H20Cl2FNO3. The molecule has 7 heteroatoms. The Bertz CT molecular complexity index is 726. The number of aliphatic hydroxyl groups is 1. The van der Waals surface area contributed by atoms with Crippen molar-refractivity contribution in [3.63, 3.8) is 0 Å². The molecule has 140 valence electrons. The lowest BCUT2D eigenvalue weighted by molar-refractivity contribution is -0.0460. The molecular weight excluding hydrogens is 380 g/mol. The molecule has 26 heavy (non-hydrogen) atoms. The lowest BCUT2D eigenvalue weighted by Gasteiger charge is -2.34. The fourth-order valence-electron chi connectivity index (χ4n) is 2.93. The summed E-state index contributed by atoms with van der Waals surface area (Å²) in [5, 5.41) is 11.1. The average molecular weight is 400 g/mol. The van der Waals surface area contributed by atoms with Crippen LogP contribution in [-0.4, -0.2) is 49.0 Å². The molecule has 2 unspecified atom stereocenters. The highest BCUT2D eigenvalue weighted by molar-refractivity contribution is 6.37. The molecule has 0 saturated carbocycles. The van der Waals surface area contributed by atoms with Crippen molar-refractivity contribution in [1.29, 1.82) is 0 Å². The number of morpholine rings is 1. The minimum Gasteiger partial charge on any atom is -0.488 e. The summed E-state index contributed by atoms with van der Waals surface area (Å²) >= 11 is 12.1. The van der Waals surface area contributed by atoms with E-state index in [1.165, 1.54) is 12.1 Å². The van der Waals surface area contributed by atoms with Crippen LogP contribution in [0, 0.1) is 5.82 Å². The van der Waals surface area contributed by atoms with Gasteiger partial charge in [0.15, 0.2) is 5.75 Å². The second-order valence-electron chi connectivity index (χ2n) is 6.19. The van der Waals surface area contributed by atoms with Gasteiger partial charge in [-0.2, -0.15) is 0 Å². The normalized spacial score (nSPS) is 19.3. The van der Waals surface area contributed by atoms with Crippen molar-refractivity contribution >= 4 is 23.2 Å². The largest absolute Gasteiger partial charge is 0.488 e. The Balaban J connectivity index is 1.53. The minimum atomic E-state index is -0.714. The van der Waals surface area contributed by atoms with Crippen molar-refractivity contribution in [2.75, 3.05) is 32.8 Å². The quantitative estimate of drug-likeness (QED) is 0.798. The Labute approximate surface area is 162 Å². The molecule has 2 aromatic rings. The SMILES string of the molecule is OC(COc1c(Cl)cccc1Cl)CN1CCOC(c2cccc(F)c2)C1. The van der Waals surface area contributed by atoms with Gasteiger partial charge in [-0.3, -0.25) is 4.90 Å². The smallest absolute Gasteiger partial charge is 0.156 e. The molecule has 1 saturated heterocycles. The second-order valence-corrected chi connectivity index (χ2v) is 7.00. The average Bonchev–Trinajstić information content (AvgIpc) is 2.61. The highest BCUT2D eigenvalue weighted by atomic mass is 35.5. The lowest BCUT2D eigenvalue weighted by Crippen LogP contribution is -2.43. The van der Waals surface area contributed by atoms with Crippen molar-refractivity contribution in [1.82, 2.24) is 4.90 Å². The van der Waals surface area contributed by atoms with Gasteiger partial charge in [0.2, 0.25) is 0 Å². The zero-order valence-electron chi connectivity index (χ0n) is 14.1. The molecule has 1 aliphatic heterocycles. The van der Waals surface area contributed by atoms with Crippen LogP contribution in [-0.2, 0) is 4.74 Å². The Morgan fingerprint density at radius 2 is 1.96 bits per heavy atom. The number of β-amino-alcohol motifs (C(OH)–C–C–N with tert-alkyl or cyclic N) is 1. The van der Waals surface area contributed by atoms with Crippen LogP contribution in [0.2, 0.25) is 10.0 Å². The maximum Gasteiger partial charge on any atom is 0.156 e. The highest BCUT2D eigenvalue weighted by Gasteiger charge is 2.24. The summed E-state index contributed by atoms with van der Waals surface area (Å²) in [7, 11) is 0. The standard InChI is InChI=1S/C19H20Cl2FNO3/c20-16-5-2-6-17(21)19(16)26-12-15(24)10-23-7-8-25-18(11-23)13-3-1-4-14(22)9-13/h1-6,9,15,18,24H,7-8,10-12H2. The van der Waals surface area contributed by atoms with Crippen LogP contribution < -0.4 is 4.74 Å². The van der Waals surface area contributed by atoms with E-state index >= 15 is 0 Å². The third kappa shape index (κ3) is 5.09. The van der Waals surface area contributed by atoms with Gasteiger partial charge >= 0.3 is 0 Å². The predicted octanol–water partition coefficient (Wildman–Crippen LogP) is 3.95. The molecule has 3 rings (SSSR count). The van der Waals surface area contributed by atoms with E-state index in [-0.39, 0.29) is 18.5 Å². The maximum absolute atomic E-state index is 13.4. The van der Waals surface area contributed by atoms with E-state index in [2.05, 4.69) is 4.90 Å². The summed E-state index contributed by atoms with van der Waals surface area (Å²) in [6.45, 7) is 2.27. The van der Waals surface area contributed by atoms with Crippen molar-refractivity contribution in [2.45, 2.75) is 12.2 Å². The van der Waals surface area contributed by atoms with E-state index in [9.17, 15) is 9.50 Å². The van der Waals surface area contributed by atoms with Crippen molar-refractivity contribution < 1.29 is 19.0 Å². The molecule has 0 radical (unpaired) electrons. The monoisotopic (exact) mass is 399 g/mol. The summed E-state index contributed by atoms with van der Waals surface area (Å²) < 4.78 is 24.7. The zero-order valence-corrected chi connectivity index (χ0v) is 15.6. The number of benzene rings is 2. The Hall–Kier alpha value is -1.37. The number of hydrogen-bond acceptors (Lipinski definition) is 4. The van der Waals surface area contributed by atoms with E-state index in [0.29, 0.717) is 42.0 Å². The fraction of sp³-hybridized carbons (Fsp3) is 0.368. The number of para-hydroxylation sites is 1. The second kappa shape index (κ2) is 9.02. The van der Waals surface area contributed by atoms with E-state index in [4.69, 9.17) is 32.7 Å². The van der Waals surface area contributed by atoms with Gasteiger partial charge in [0.1, 0.15) is 18.5 Å². The first-order chi connectivity index (χ1) is 12.5. The van der Waals surface area contributed by atoms with Crippen molar-refractivity contribution in [2.24, 2.45) is 0 Å². The highest BCUT2D eigenvalue weighted by Crippen LogP contribution is 2.32. The van der Waals surface area contributed by atoms with E-state index < -0.39 is 6.10 Å². The molecule has 0 aromatic heterocycles. The number of nitrogens with zero attached hydrogens (tertiary/aromatic N) is 1. The van der Waals surface area contributed by atoms with Gasteiger partial charge < -0.3 is 14.6 Å². The van der Waals surface area contributed by atoms with Gasteiger partial charge in [0, 0.05) is 19.6 Å². The summed E-state index contributed by atoms with van der Waals surface area (Å²) in [6.07, 6.45) is -0.931. The summed E-state index contributed by atoms with van der Waals surface area (Å²) in [5.41, 5.74) is 0.795. The number of aliphatic hydroxyl groups excluding tert-OH is 1. The van der Waals surface area contributed by atoms with E-state index in [1.54, 1.807) is 24.3 Å². The third-order valence-electron chi connectivity index (χ3n) is 4.18. The van der Waals surface area contributed by atoms with Crippen LogP contribution in [0.5, 0.6) is 5.75 Å². The first-order valence-corrected chi connectivity index (χ1v) is 9.13. The van der Waals surface area contributed by atoms with Crippen LogP contribution in [0.3, 0.4) is 0 Å². The molecule has 1 aliphatic rings. The number of rotatable bonds is 6. The third-order valence-corrected chi connectivity index (χ3v) is 4.77. The topological polar surface area (TPSA) is 41.9 Å². The molecule has 2 aromatic carbocycles. The lowest BCUT2D eigenvalue weighted by atomic mass is 10.1. The van der Waals surface area contributed by atoms with E-state index in [1.807, 2.05) is 6.07 Å². The molecule has 1 heterocycles. The molecule has 4 nitrogen and oxygen atoms in total. The van der Waals surface area contributed by atoms with Crippen LogP contribution in [0.25, 0.3) is 0 Å². The van der Waals surface area contributed by atoms with Crippen LogP contribution in [0.1, 0.15) is 11.7 Å². The molecule has 0 aliphatic carbocycles. The van der Waals surface area contributed by atoms with Crippen LogP contribution >= 0.6 is 23.2 Å². The Kier molecular flexibility index (Phi) is 6.73. The molecule has 0 spiro atoms. The molecule has 1 N–H and O–H groups in total. The van der Waals surface area contributed by atoms with Gasteiger partial charge in [-0.25, -0.2) is 4.39 Å². The van der Waals surface area contributed by atoms with Gasteiger partial charge in [-0.1, -0.05) is 41.4 Å². The minimum absolute atomic E-state index is 0.0748. The molecule has 0 amide bonds. The van der Waals surface area contributed by atoms with Gasteiger partial charge in [0.25, 0.3) is 0 Å². The number of hydrogen-bond donors (Lipinski definition) is 1. The summed E-state index contributed by atoms with van der Waals surface area (Å²) in [6, 6.07) is 11.5. The zero-order chi connectivity index (χ0) is 18.5. The predicted molar refractivity (Wildman–Crippen MR) is 99.5 cm³/mol. The van der Waals surface area contributed by atoms with Gasteiger partial charge in [-0.15, -0.1) is 0 Å². The summed E-state index contributed by atoms with van der Waals surface area (Å²) in [4.78, 5) is 2.07. The van der Waals surface area contributed by atoms with Gasteiger partial charge in [0.05, 0.1) is 22.8 Å². The van der Waals surface area contributed by atoms with Crippen LogP contribution in [0.15, 0.2) is 42.5 Å². The van der Waals surface area contributed by atoms with Gasteiger partial charge in [-0.05, 0) is 29.8 Å². The fourth-order valence-corrected chi connectivity index (χ4v) is 3.43. The van der Waals surface area contributed by atoms with E-state index in [0.717, 1.165) is 5.56 Å². The summed E-state index contributed by atoms with van der Waals surface area (Å²) in [5.74, 6) is 0.0859. The molecule has 2 atom stereocenters. The van der Waals surface area contributed by atoms with Crippen LogP contribution in [0.4, 0.5) is 4.39 Å². The van der Waals surface area contributed by atoms with Crippen molar-refractivity contribution in [3.05, 3.63) is 63.9 Å². The number of ether oxygens (including phenoxy) is 2. The molecule has 0 bridgehead atoms. The Morgan fingerprint density at radius 1 is 1.23 bits per heavy atom.